The maximum absolute atomic E-state index is 13.1. The number of amides is 10. The highest BCUT2D eigenvalue weighted by Crippen LogP contribution is 2.30. The van der Waals surface area contributed by atoms with E-state index in [-0.39, 0.29) is 41.8 Å². The van der Waals surface area contributed by atoms with E-state index in [2.05, 4.69) is 57.1 Å². The molecule has 734 valence electrons. The molecule has 6 aromatic heterocycles. The Balaban J connectivity index is 0.000000183. The number of fused-ring (bicyclic) bond motifs is 1. The van der Waals surface area contributed by atoms with Gasteiger partial charge >= 0.3 is 6.18 Å². The number of carbonyl (C=O) groups is 15. The van der Waals surface area contributed by atoms with Crippen LogP contribution < -0.4 is 60.0 Å². The first kappa shape index (κ1) is 106. The fourth-order valence-corrected chi connectivity index (χ4v) is 14.6. The molecule has 0 radical (unpaired) electrons. The van der Waals surface area contributed by atoms with Gasteiger partial charge in [-0.05, 0) is 59.9 Å². The van der Waals surface area contributed by atoms with Crippen molar-refractivity contribution in [3.05, 3.63) is 306 Å². The number of aryl methyl sites for hydroxylation is 5. The quantitative estimate of drug-likeness (QED) is 0.0166. The van der Waals surface area contributed by atoms with Crippen molar-refractivity contribution in [1.29, 1.82) is 0 Å². The SMILES string of the molecule is CCCCC(NC(=O)c1cn(C)nc1-c1ccccc1)C(=O)C(N)=O.COc1ccc(CC(NC(=O)c2cn(C)nc2-c2ccccc2)C(=O)C(N)=O)cc1.Cn1cc(C(=O)NC(CCC(F)(F)F)C(=O)C(N)=O)c(-c2ccccc2)n1.Cn1cc(C(=O)NC(Cc2c[nH]c3ccccc23)C(=O)C(N)=O)c(-c2ccccc2)n1.Cn1cc(C(=O)NC(Cc2ccc(O)cc2)C(=O)C(N)=O)c(-c2ccccc2)n1. The molecule has 38 nitrogen and oxygen atoms in total. The Morgan fingerprint density at radius 1 is 0.359 bits per heavy atom. The molecule has 0 bridgehead atoms. The van der Waals surface area contributed by atoms with Crippen LogP contribution in [0.2, 0.25) is 0 Å². The average Bonchev–Trinajstić information content (AvgIpc) is 1.51. The number of aromatic amines is 1. The van der Waals surface area contributed by atoms with Crippen molar-refractivity contribution < 1.29 is 94.9 Å². The zero-order valence-corrected chi connectivity index (χ0v) is 77.8. The third-order valence-corrected chi connectivity index (χ3v) is 21.6. The number of methoxy groups -OCH3 is 1. The van der Waals surface area contributed by atoms with E-state index in [1.54, 1.807) is 140 Å². The van der Waals surface area contributed by atoms with Crippen LogP contribution in [0.3, 0.4) is 0 Å². The Kier molecular flexibility index (Phi) is 36.9. The second-order valence-electron chi connectivity index (χ2n) is 32.2. The predicted molar refractivity (Wildman–Crippen MR) is 516 cm³/mol. The fourth-order valence-electron chi connectivity index (χ4n) is 14.6. The van der Waals surface area contributed by atoms with Crippen LogP contribution in [0.25, 0.3) is 67.2 Å². The number of para-hydroxylation sites is 1. The Bertz CT molecular complexity index is 6880. The van der Waals surface area contributed by atoms with Gasteiger partial charge in [0.2, 0.25) is 28.9 Å². The van der Waals surface area contributed by atoms with E-state index in [0.29, 0.717) is 69.2 Å². The summed E-state index contributed by atoms with van der Waals surface area (Å²) >= 11 is 0. The van der Waals surface area contributed by atoms with E-state index in [0.717, 1.165) is 50.7 Å². The Morgan fingerprint density at radius 2 is 0.620 bits per heavy atom. The zero-order valence-electron chi connectivity index (χ0n) is 77.8. The minimum absolute atomic E-state index is 0.0503. The molecule has 0 saturated carbocycles. The van der Waals surface area contributed by atoms with Crippen LogP contribution in [0.4, 0.5) is 13.2 Å². The van der Waals surface area contributed by atoms with Crippen molar-refractivity contribution in [3.8, 4) is 67.8 Å². The third kappa shape index (κ3) is 29.4. The molecule has 14 aromatic rings. The van der Waals surface area contributed by atoms with Gasteiger partial charge in [0, 0.05) is 137 Å². The molecule has 10 amide bonds. The van der Waals surface area contributed by atoms with Crippen LogP contribution in [0.15, 0.2) is 262 Å². The summed E-state index contributed by atoms with van der Waals surface area (Å²) in [5.41, 5.74) is 35.8. The molecular weight excluding hydrogens is 1840 g/mol. The number of benzene rings is 8. The molecule has 0 spiro atoms. The summed E-state index contributed by atoms with van der Waals surface area (Å²) in [5, 5.41) is 44.6. The number of nitrogens with one attached hydrogen (secondary N) is 6. The van der Waals surface area contributed by atoms with E-state index >= 15 is 0 Å². The topological polar surface area (TPSA) is 581 Å². The van der Waals surface area contributed by atoms with Gasteiger partial charge in [-0.15, -0.1) is 0 Å². The van der Waals surface area contributed by atoms with Gasteiger partial charge in [-0.1, -0.05) is 214 Å². The normalized spacial score (nSPS) is 11.8. The lowest BCUT2D eigenvalue weighted by molar-refractivity contribution is -0.143. The number of aromatic nitrogens is 11. The molecule has 0 fully saturated rings. The van der Waals surface area contributed by atoms with E-state index in [1.165, 1.54) is 41.7 Å². The molecule has 8 aromatic carbocycles. The van der Waals surface area contributed by atoms with E-state index in [9.17, 15) is 90.2 Å². The summed E-state index contributed by atoms with van der Waals surface area (Å²) in [5.74, 6) is -12.7. The Hall–Kier alpha value is -18.2. The van der Waals surface area contributed by atoms with Crippen LogP contribution >= 0.6 is 0 Å². The standard InChI is InChI=1S/C23H21N5O3.C22H22N4O4.C21H20N4O4.C18H22N4O3.C17H17F3N4O3/c1-28-13-17(20(27-28)14-7-3-2-4-8-14)23(31)26-19(21(29)22(24)30)11-15-12-25-18-10-6-5-9-16(15)18;1-26-13-17(19(25-26)15-6-4-3-5-7-15)22(29)24-18(20(27)21(23)28)12-14-8-10-16(30-2)11-9-14;1-25-12-16(18(24-25)14-5-3-2-4-6-14)21(29)23-17(19(27)20(22)28)11-13-7-9-15(26)10-8-13;1-3-4-10-14(16(23)17(19)24)20-18(25)13-11-22(2)21-15(13)12-8-6-5-7-9-12;1-24-9-11(13(23-24)10-5-3-2-4-6-10)16(27)22-12(14(25)15(21)26)7-8-17(18,19)20/h2-10,12-13,19,25H,11H2,1H3,(H2,24,30)(H,26,31);3-11,13,18H,12H2,1-2H3,(H2,23,28)(H,24,29);2-10,12,17,26H,11H2,1H3,(H2,22,28)(H,23,29);5-9,11,14H,3-4,10H2,1-2H3,(H2,19,24)(H,20,25);2-6,9,12H,7-8H2,1H3,(H2,21,26)(H,22,27). The number of halogens is 3. The maximum atomic E-state index is 13.1. The largest absolute Gasteiger partial charge is 0.508 e. The highest BCUT2D eigenvalue weighted by Gasteiger charge is 2.37. The van der Waals surface area contributed by atoms with Crippen LogP contribution in [0.1, 0.15) is 108 Å². The molecule has 0 aliphatic heterocycles. The number of ketones is 5. The number of nitrogens with two attached hydrogens (primary N) is 5. The van der Waals surface area contributed by atoms with Crippen molar-refractivity contribution in [2.45, 2.75) is 94.7 Å². The number of hydrogen-bond donors (Lipinski definition) is 12. The highest BCUT2D eigenvalue weighted by molar-refractivity contribution is 6.40. The van der Waals surface area contributed by atoms with Crippen molar-refractivity contribution >= 4 is 98.9 Å². The number of phenolic OH excluding ortho intramolecular Hbond substituents is 1. The molecular formula is C101H102F3N21O17. The summed E-state index contributed by atoms with van der Waals surface area (Å²) in [6, 6.07) is 60.3. The minimum Gasteiger partial charge on any atom is -0.508 e. The minimum atomic E-state index is -4.55. The van der Waals surface area contributed by atoms with Crippen molar-refractivity contribution in [1.82, 2.24) is 80.5 Å². The summed E-state index contributed by atoms with van der Waals surface area (Å²) < 4.78 is 50.0. The lowest BCUT2D eigenvalue weighted by Crippen LogP contribution is -2.47. The maximum Gasteiger partial charge on any atom is 0.389 e. The van der Waals surface area contributed by atoms with E-state index in [4.69, 9.17) is 33.4 Å². The van der Waals surface area contributed by atoms with Gasteiger partial charge in [-0.25, -0.2) is 0 Å². The van der Waals surface area contributed by atoms with E-state index in [1.807, 2.05) is 153 Å². The van der Waals surface area contributed by atoms with Gasteiger partial charge in [0.15, 0.2) is 0 Å². The molecule has 6 heterocycles. The Labute approximate surface area is 809 Å². The number of H-pyrrole nitrogens is 1. The second-order valence-corrected chi connectivity index (χ2v) is 32.2. The number of Topliss-reactive ketones (excluding diaryl/α,β-unsaturated/α-hetero) is 5. The second kappa shape index (κ2) is 49.5. The number of phenols is 1. The highest BCUT2D eigenvalue weighted by atomic mass is 19.4. The number of primary amides is 5. The first-order chi connectivity index (χ1) is 67.7. The summed E-state index contributed by atoms with van der Waals surface area (Å²) in [6.07, 6.45) is 4.89. The van der Waals surface area contributed by atoms with Crippen molar-refractivity contribution in [2.24, 2.45) is 63.9 Å². The lowest BCUT2D eigenvalue weighted by atomic mass is 10.0. The summed E-state index contributed by atoms with van der Waals surface area (Å²) in [7, 11) is 9.93. The third-order valence-electron chi connectivity index (χ3n) is 21.6. The monoisotopic (exact) mass is 1940 g/mol. The number of hydrogen-bond acceptors (Lipinski definition) is 22. The smallest absolute Gasteiger partial charge is 0.389 e. The zero-order chi connectivity index (χ0) is 103. The van der Waals surface area contributed by atoms with Gasteiger partial charge in [-0.2, -0.15) is 38.7 Å². The molecule has 14 rings (SSSR count). The number of alkyl halides is 3. The number of nitrogens with zero attached hydrogens (tertiary/aromatic N) is 10. The van der Waals surface area contributed by atoms with Crippen LogP contribution in [-0.2, 0) is 102 Å². The molecule has 0 aliphatic carbocycles. The van der Waals surface area contributed by atoms with Crippen LogP contribution in [0.5, 0.6) is 11.5 Å². The molecule has 5 unspecified atom stereocenters. The van der Waals surface area contributed by atoms with Gasteiger partial charge in [0.1, 0.15) is 58.1 Å². The van der Waals surface area contributed by atoms with Gasteiger partial charge in [0.05, 0.1) is 47.0 Å². The molecule has 17 N–H and O–H groups in total. The number of unbranched alkanes of at least 4 members (excludes halogenated alkanes) is 1. The number of rotatable bonds is 37. The lowest BCUT2D eigenvalue weighted by Gasteiger charge is -2.17. The Morgan fingerprint density at radius 3 is 0.901 bits per heavy atom. The van der Waals surface area contributed by atoms with Crippen LogP contribution in [-0.4, -0.2) is 190 Å². The first-order valence-electron chi connectivity index (χ1n) is 43.9. The fraction of sp³-hybridized carbons (Fsp3) is 0.208. The molecule has 0 aliphatic rings. The molecule has 41 heteroatoms. The predicted octanol–water partition coefficient (Wildman–Crippen LogP) is 7.66. The van der Waals surface area contributed by atoms with Gasteiger partial charge in [0.25, 0.3) is 59.1 Å². The van der Waals surface area contributed by atoms with E-state index < -0.39 is 137 Å². The summed E-state index contributed by atoms with van der Waals surface area (Å²) in [6.45, 7) is 1.96. The molecule has 5 atom stereocenters. The number of ether oxygens (including phenoxy) is 1. The van der Waals surface area contributed by atoms with Gasteiger partial charge < -0.3 is 70.1 Å². The van der Waals surface area contributed by atoms with Gasteiger partial charge in [-0.3, -0.25) is 95.3 Å². The molecule has 0 saturated heterocycles. The average molecular weight is 1940 g/mol. The van der Waals surface area contributed by atoms with Crippen LogP contribution in [0, 0.1) is 0 Å². The van der Waals surface area contributed by atoms with Crippen molar-refractivity contribution in [3.63, 3.8) is 0 Å². The molecule has 142 heavy (non-hydrogen) atoms. The number of aromatic hydroxyl groups is 1. The first-order valence-corrected chi connectivity index (χ1v) is 43.9. The summed E-state index contributed by atoms with van der Waals surface area (Å²) in [4.78, 5) is 185. The number of carbonyl (C=O) groups excluding carboxylic acids is 15. The van der Waals surface area contributed by atoms with Crippen molar-refractivity contribution in [2.75, 3.05) is 7.11 Å².